The average Bonchev–Trinajstić information content (AvgIpc) is 2.59. The van der Waals surface area contributed by atoms with Gasteiger partial charge in [0.25, 0.3) is 0 Å². The molecule has 1 aliphatic rings. The van der Waals surface area contributed by atoms with Crippen LogP contribution in [0.15, 0.2) is 12.3 Å². The van der Waals surface area contributed by atoms with E-state index in [2.05, 4.69) is 6.58 Å². The van der Waals surface area contributed by atoms with E-state index in [0.717, 1.165) is 7.11 Å². The molecule has 0 aromatic rings. The number of rotatable bonds is 10. The van der Waals surface area contributed by atoms with E-state index in [4.69, 9.17) is 19.3 Å². The molecule has 0 aromatic heterocycles. The Balaban J connectivity index is 2.98. The highest BCUT2D eigenvalue weighted by Crippen LogP contribution is 2.31. The molecule has 154 valence electrons. The molecule has 0 spiro atoms. The monoisotopic (exact) mass is 384 g/mol. The summed E-state index contributed by atoms with van der Waals surface area (Å²) >= 11 is 0. The molecule has 1 heterocycles. The highest BCUT2D eigenvalue weighted by Gasteiger charge is 2.50. The molecule has 0 saturated carbocycles. The van der Waals surface area contributed by atoms with Gasteiger partial charge in [-0.1, -0.05) is 6.58 Å². The van der Waals surface area contributed by atoms with Crippen LogP contribution in [0.25, 0.3) is 0 Å². The maximum atomic E-state index is 10.3. The predicted molar refractivity (Wildman–Crippen MR) is 84.7 cm³/mol. The van der Waals surface area contributed by atoms with Crippen molar-refractivity contribution in [1.82, 2.24) is 0 Å². The fraction of sp³-hybridized carbons (Fsp3) is 0.867. The lowest BCUT2D eigenvalue weighted by Gasteiger charge is -2.44. The molecule has 11 heteroatoms. The minimum Gasteiger partial charge on any atom is -0.510 e. The van der Waals surface area contributed by atoms with Crippen LogP contribution in [-0.4, -0.2) is 110 Å². The zero-order chi connectivity index (χ0) is 20.1. The molecule has 1 fully saturated rings. The van der Waals surface area contributed by atoms with E-state index in [1.54, 1.807) is 0 Å². The van der Waals surface area contributed by atoms with E-state index in [0.29, 0.717) is 0 Å². The van der Waals surface area contributed by atoms with Gasteiger partial charge in [-0.25, -0.2) is 0 Å². The Kier molecular flexibility index (Phi) is 8.82. The summed E-state index contributed by atoms with van der Waals surface area (Å²) in [6.07, 6.45) is -11.6. The standard InChI is InChI=1S/C15H28O11/c1-7(18)13-11(22)10(21)12(23)14(25-13)26-15(6-17,24-2)9(20)5-8(19)3-4-16/h8-14,16-23H,1,3-6H2,2H3/t8?,9?,10?,11-,12?,13?,14-,15?/m1/s1. The molecule has 8 N–H and O–H groups in total. The van der Waals surface area contributed by atoms with Crippen molar-refractivity contribution in [3.63, 3.8) is 0 Å². The lowest BCUT2D eigenvalue weighted by molar-refractivity contribution is -0.387. The molecule has 1 saturated heterocycles. The molecule has 0 bridgehead atoms. The van der Waals surface area contributed by atoms with Gasteiger partial charge in [0.05, 0.1) is 12.7 Å². The number of methoxy groups -OCH3 is 1. The Labute approximate surface area is 150 Å². The Morgan fingerprint density at radius 1 is 1.15 bits per heavy atom. The zero-order valence-corrected chi connectivity index (χ0v) is 14.4. The normalized spacial score (nSPS) is 34.1. The fourth-order valence-corrected chi connectivity index (χ4v) is 2.59. The van der Waals surface area contributed by atoms with Crippen molar-refractivity contribution < 1.29 is 55.1 Å². The summed E-state index contributed by atoms with van der Waals surface area (Å²) in [5.74, 6) is -2.80. The summed E-state index contributed by atoms with van der Waals surface area (Å²) in [5, 5.41) is 77.6. The third-order valence-electron chi connectivity index (χ3n) is 4.24. The minimum atomic E-state index is -2.16. The smallest absolute Gasteiger partial charge is 0.220 e. The van der Waals surface area contributed by atoms with E-state index >= 15 is 0 Å². The molecule has 6 unspecified atom stereocenters. The van der Waals surface area contributed by atoms with Gasteiger partial charge in [0, 0.05) is 20.1 Å². The molecular formula is C15H28O11. The maximum absolute atomic E-state index is 10.3. The van der Waals surface area contributed by atoms with Gasteiger partial charge >= 0.3 is 0 Å². The van der Waals surface area contributed by atoms with Gasteiger partial charge in [-0.15, -0.1) is 0 Å². The largest absolute Gasteiger partial charge is 0.510 e. The molecule has 26 heavy (non-hydrogen) atoms. The molecule has 1 aliphatic heterocycles. The first kappa shape index (κ1) is 23.2. The lowest BCUT2D eigenvalue weighted by Crippen LogP contribution is -2.63. The highest BCUT2D eigenvalue weighted by atomic mass is 16.8. The maximum Gasteiger partial charge on any atom is 0.220 e. The van der Waals surface area contributed by atoms with Crippen LogP contribution in [0.5, 0.6) is 0 Å². The van der Waals surface area contributed by atoms with E-state index in [1.807, 2.05) is 0 Å². The average molecular weight is 384 g/mol. The van der Waals surface area contributed by atoms with Gasteiger partial charge in [-0.05, 0) is 6.42 Å². The Bertz CT molecular complexity index is 441. The van der Waals surface area contributed by atoms with Crippen molar-refractivity contribution in [2.45, 2.75) is 61.5 Å². The first-order chi connectivity index (χ1) is 12.1. The van der Waals surface area contributed by atoms with E-state index in [9.17, 15) is 35.7 Å². The van der Waals surface area contributed by atoms with Crippen LogP contribution in [0, 0.1) is 0 Å². The van der Waals surface area contributed by atoms with Crippen molar-refractivity contribution in [2.24, 2.45) is 0 Å². The number of ether oxygens (including phenoxy) is 3. The number of aliphatic hydroxyl groups excluding tert-OH is 8. The van der Waals surface area contributed by atoms with Gasteiger partial charge in [-0.2, -0.15) is 0 Å². The summed E-state index contributed by atoms with van der Waals surface area (Å²) in [6.45, 7) is 1.94. The van der Waals surface area contributed by atoms with Crippen LogP contribution in [0.3, 0.4) is 0 Å². The van der Waals surface area contributed by atoms with Gasteiger partial charge in [0.2, 0.25) is 5.79 Å². The summed E-state index contributed by atoms with van der Waals surface area (Å²) in [4.78, 5) is 0. The first-order valence-electron chi connectivity index (χ1n) is 8.01. The molecule has 0 amide bonds. The van der Waals surface area contributed by atoms with Crippen LogP contribution in [0.2, 0.25) is 0 Å². The predicted octanol–water partition coefficient (Wildman–Crippen LogP) is -3.29. The summed E-state index contributed by atoms with van der Waals surface area (Å²) < 4.78 is 15.5. The highest BCUT2D eigenvalue weighted by molar-refractivity contribution is 5.02. The van der Waals surface area contributed by atoms with Crippen LogP contribution in [0.1, 0.15) is 12.8 Å². The quantitative estimate of drug-likeness (QED) is 0.139. The second-order valence-corrected chi connectivity index (χ2v) is 6.10. The van der Waals surface area contributed by atoms with E-state index in [1.165, 1.54) is 0 Å². The van der Waals surface area contributed by atoms with Crippen molar-refractivity contribution in [2.75, 3.05) is 20.3 Å². The van der Waals surface area contributed by atoms with Crippen molar-refractivity contribution in [3.8, 4) is 0 Å². The third-order valence-corrected chi connectivity index (χ3v) is 4.24. The summed E-state index contributed by atoms with van der Waals surface area (Å²) in [6, 6.07) is 0. The minimum absolute atomic E-state index is 0.0395. The second-order valence-electron chi connectivity index (χ2n) is 6.10. The number of aliphatic hydroxyl groups is 8. The molecule has 1 rings (SSSR count). The Morgan fingerprint density at radius 3 is 2.23 bits per heavy atom. The van der Waals surface area contributed by atoms with Crippen LogP contribution < -0.4 is 0 Å². The zero-order valence-electron chi connectivity index (χ0n) is 14.4. The molecule has 8 atom stereocenters. The van der Waals surface area contributed by atoms with E-state index in [-0.39, 0.29) is 19.4 Å². The Morgan fingerprint density at radius 2 is 1.77 bits per heavy atom. The molecule has 0 aliphatic carbocycles. The van der Waals surface area contributed by atoms with Crippen molar-refractivity contribution in [3.05, 3.63) is 12.3 Å². The van der Waals surface area contributed by atoms with Crippen molar-refractivity contribution >= 4 is 0 Å². The number of hydrogen-bond donors (Lipinski definition) is 8. The molecule has 0 radical (unpaired) electrons. The third kappa shape index (κ3) is 5.10. The SMILES string of the molecule is C=C(O)C1O[C@H](OC(CO)(OC)C(O)CC(O)CCO)C(O)C(O)[C@H]1O. The molecule has 11 nitrogen and oxygen atoms in total. The second kappa shape index (κ2) is 9.90. The van der Waals surface area contributed by atoms with Gasteiger partial charge in [0.15, 0.2) is 6.29 Å². The molecule has 0 aromatic carbocycles. The van der Waals surface area contributed by atoms with Crippen LogP contribution in [0.4, 0.5) is 0 Å². The topological polar surface area (TPSA) is 190 Å². The van der Waals surface area contributed by atoms with Crippen LogP contribution in [-0.2, 0) is 14.2 Å². The van der Waals surface area contributed by atoms with Gasteiger partial charge in [-0.3, -0.25) is 0 Å². The summed E-state index contributed by atoms with van der Waals surface area (Å²) in [7, 11) is 1.08. The Hall–Kier alpha value is -0.860. The van der Waals surface area contributed by atoms with Gasteiger partial charge in [0.1, 0.15) is 36.3 Å². The number of hydrogen-bond acceptors (Lipinski definition) is 11. The van der Waals surface area contributed by atoms with Gasteiger partial charge < -0.3 is 55.1 Å². The van der Waals surface area contributed by atoms with Crippen molar-refractivity contribution in [1.29, 1.82) is 0 Å². The van der Waals surface area contributed by atoms with E-state index < -0.39 is 61.1 Å². The first-order valence-corrected chi connectivity index (χ1v) is 8.01. The summed E-state index contributed by atoms with van der Waals surface area (Å²) in [5.41, 5.74) is 0. The lowest BCUT2D eigenvalue weighted by atomic mass is 9.97. The molecular weight excluding hydrogens is 356 g/mol. The fourth-order valence-electron chi connectivity index (χ4n) is 2.59. The van der Waals surface area contributed by atoms with Crippen LogP contribution >= 0.6 is 0 Å².